The molecule has 0 bridgehead atoms. The number of nitrogens with two attached hydrogens (primary N) is 1. The Kier molecular flexibility index (Phi) is 3.55. The zero-order valence-corrected chi connectivity index (χ0v) is 8.60. The SMILES string of the molecule is CCCC(C(=O)O)c1ccc(O)c(N)c1. The molecule has 1 aromatic rings. The van der Waals surface area contributed by atoms with Gasteiger partial charge in [-0.2, -0.15) is 0 Å². The Morgan fingerprint density at radius 1 is 1.53 bits per heavy atom. The number of benzene rings is 1. The average Bonchev–Trinajstić information content (AvgIpc) is 2.18. The van der Waals surface area contributed by atoms with E-state index in [2.05, 4.69) is 0 Å². The largest absolute Gasteiger partial charge is 0.506 e. The molecule has 4 N–H and O–H groups in total. The highest BCUT2D eigenvalue weighted by molar-refractivity contribution is 5.76. The van der Waals surface area contributed by atoms with Gasteiger partial charge in [0.15, 0.2) is 0 Å². The number of phenols is 1. The molecule has 1 rings (SSSR count). The summed E-state index contributed by atoms with van der Waals surface area (Å²) in [5, 5.41) is 18.2. The summed E-state index contributed by atoms with van der Waals surface area (Å²) in [5.74, 6) is -1.42. The Labute approximate surface area is 88.3 Å². The van der Waals surface area contributed by atoms with Crippen LogP contribution in [0.4, 0.5) is 5.69 Å². The van der Waals surface area contributed by atoms with Crippen LogP contribution in [0.25, 0.3) is 0 Å². The molecule has 82 valence electrons. The number of aliphatic carboxylic acids is 1. The highest BCUT2D eigenvalue weighted by Gasteiger charge is 2.19. The minimum atomic E-state index is -0.859. The highest BCUT2D eigenvalue weighted by atomic mass is 16.4. The van der Waals surface area contributed by atoms with Crippen molar-refractivity contribution in [3.8, 4) is 5.75 Å². The number of aromatic hydroxyl groups is 1. The molecule has 0 fully saturated rings. The van der Waals surface area contributed by atoms with Crippen LogP contribution in [0.1, 0.15) is 31.2 Å². The van der Waals surface area contributed by atoms with Crippen molar-refractivity contribution < 1.29 is 15.0 Å². The van der Waals surface area contributed by atoms with Gasteiger partial charge in [-0.1, -0.05) is 19.4 Å². The number of rotatable bonds is 4. The standard InChI is InChI=1S/C11H15NO3/c1-2-3-8(11(14)15)7-4-5-10(13)9(12)6-7/h4-6,8,13H,2-3,12H2,1H3,(H,14,15). The quantitative estimate of drug-likeness (QED) is 0.522. The average molecular weight is 209 g/mol. The Bertz CT molecular complexity index is 363. The number of carboxylic acids is 1. The van der Waals surface area contributed by atoms with Crippen LogP contribution in [0, 0.1) is 0 Å². The normalized spacial score (nSPS) is 12.3. The molecule has 0 spiro atoms. The molecule has 0 radical (unpaired) electrons. The minimum absolute atomic E-state index is 0.0145. The maximum absolute atomic E-state index is 11.0. The zero-order chi connectivity index (χ0) is 11.4. The molecule has 0 saturated heterocycles. The Hall–Kier alpha value is -1.71. The third kappa shape index (κ3) is 2.62. The lowest BCUT2D eigenvalue weighted by atomic mass is 9.94. The van der Waals surface area contributed by atoms with Crippen molar-refractivity contribution in [2.75, 3.05) is 5.73 Å². The lowest BCUT2D eigenvalue weighted by molar-refractivity contribution is -0.139. The number of carboxylic acid groups (broad SMARTS) is 1. The fourth-order valence-corrected chi connectivity index (χ4v) is 1.51. The van der Waals surface area contributed by atoms with E-state index in [4.69, 9.17) is 10.8 Å². The van der Waals surface area contributed by atoms with Crippen molar-refractivity contribution in [3.05, 3.63) is 23.8 Å². The van der Waals surface area contributed by atoms with Crippen molar-refractivity contribution in [1.29, 1.82) is 0 Å². The second kappa shape index (κ2) is 4.68. The van der Waals surface area contributed by atoms with Gasteiger partial charge in [-0.05, 0) is 24.1 Å². The van der Waals surface area contributed by atoms with Gasteiger partial charge in [0, 0.05) is 0 Å². The molecule has 4 heteroatoms. The fourth-order valence-electron chi connectivity index (χ4n) is 1.51. The summed E-state index contributed by atoms with van der Waals surface area (Å²) in [6.45, 7) is 1.93. The summed E-state index contributed by atoms with van der Waals surface area (Å²) in [7, 11) is 0. The van der Waals surface area contributed by atoms with Crippen LogP contribution in [-0.2, 0) is 4.79 Å². The van der Waals surface area contributed by atoms with Crippen LogP contribution in [0.2, 0.25) is 0 Å². The summed E-state index contributed by atoms with van der Waals surface area (Å²) < 4.78 is 0. The van der Waals surface area contributed by atoms with Gasteiger partial charge in [0.25, 0.3) is 0 Å². The highest BCUT2D eigenvalue weighted by Crippen LogP contribution is 2.27. The van der Waals surface area contributed by atoms with Gasteiger partial charge >= 0.3 is 5.97 Å². The number of hydrogen-bond donors (Lipinski definition) is 3. The molecule has 0 aliphatic carbocycles. The van der Waals surface area contributed by atoms with Crippen molar-refractivity contribution in [1.82, 2.24) is 0 Å². The molecule has 0 amide bonds. The van der Waals surface area contributed by atoms with Gasteiger partial charge < -0.3 is 15.9 Å². The van der Waals surface area contributed by atoms with Crippen LogP contribution in [0.5, 0.6) is 5.75 Å². The second-order valence-corrected chi connectivity index (χ2v) is 3.50. The lowest BCUT2D eigenvalue weighted by Gasteiger charge is -2.12. The van der Waals surface area contributed by atoms with E-state index in [0.29, 0.717) is 12.0 Å². The third-order valence-electron chi connectivity index (χ3n) is 2.33. The molecule has 1 unspecified atom stereocenters. The smallest absolute Gasteiger partial charge is 0.310 e. The van der Waals surface area contributed by atoms with Gasteiger partial charge in [0.2, 0.25) is 0 Å². The van der Waals surface area contributed by atoms with E-state index in [0.717, 1.165) is 6.42 Å². The van der Waals surface area contributed by atoms with E-state index < -0.39 is 11.9 Å². The van der Waals surface area contributed by atoms with Crippen molar-refractivity contribution in [2.24, 2.45) is 0 Å². The van der Waals surface area contributed by atoms with Gasteiger partial charge in [-0.3, -0.25) is 4.79 Å². The number of hydrogen-bond acceptors (Lipinski definition) is 3. The van der Waals surface area contributed by atoms with E-state index >= 15 is 0 Å². The van der Waals surface area contributed by atoms with Crippen LogP contribution in [-0.4, -0.2) is 16.2 Å². The van der Waals surface area contributed by atoms with Crippen molar-refractivity contribution >= 4 is 11.7 Å². The minimum Gasteiger partial charge on any atom is -0.506 e. The second-order valence-electron chi connectivity index (χ2n) is 3.50. The van der Waals surface area contributed by atoms with Crippen molar-refractivity contribution in [3.63, 3.8) is 0 Å². The maximum Gasteiger partial charge on any atom is 0.310 e. The van der Waals surface area contributed by atoms with Gasteiger partial charge in [-0.25, -0.2) is 0 Å². The van der Waals surface area contributed by atoms with Gasteiger partial charge in [0.05, 0.1) is 11.6 Å². The van der Waals surface area contributed by atoms with Gasteiger partial charge in [-0.15, -0.1) is 0 Å². The zero-order valence-electron chi connectivity index (χ0n) is 8.60. The summed E-state index contributed by atoms with van der Waals surface area (Å²) in [6.07, 6.45) is 1.36. The van der Waals surface area contributed by atoms with Crippen LogP contribution in [0.3, 0.4) is 0 Å². The molecular weight excluding hydrogens is 194 g/mol. The van der Waals surface area contributed by atoms with E-state index in [1.54, 1.807) is 6.07 Å². The summed E-state index contributed by atoms with van der Waals surface area (Å²) in [6, 6.07) is 4.54. The van der Waals surface area contributed by atoms with Crippen LogP contribution in [0.15, 0.2) is 18.2 Å². The molecule has 0 aliphatic heterocycles. The number of carbonyl (C=O) groups is 1. The summed E-state index contributed by atoms with van der Waals surface area (Å²) >= 11 is 0. The Balaban J connectivity index is 3.01. The molecule has 4 nitrogen and oxygen atoms in total. The number of nitrogen functional groups attached to an aromatic ring is 1. The Morgan fingerprint density at radius 3 is 2.67 bits per heavy atom. The van der Waals surface area contributed by atoms with E-state index in [-0.39, 0.29) is 11.4 Å². The first-order valence-corrected chi connectivity index (χ1v) is 4.87. The van der Waals surface area contributed by atoms with E-state index in [1.165, 1.54) is 12.1 Å². The molecule has 15 heavy (non-hydrogen) atoms. The fraction of sp³-hybridized carbons (Fsp3) is 0.364. The van der Waals surface area contributed by atoms with Gasteiger partial charge in [0.1, 0.15) is 5.75 Å². The molecule has 0 heterocycles. The molecule has 0 aromatic heterocycles. The van der Waals surface area contributed by atoms with Crippen molar-refractivity contribution in [2.45, 2.75) is 25.7 Å². The van der Waals surface area contributed by atoms with E-state index in [9.17, 15) is 9.90 Å². The lowest BCUT2D eigenvalue weighted by Crippen LogP contribution is -2.11. The maximum atomic E-state index is 11.0. The molecular formula is C11H15NO3. The first-order chi connectivity index (χ1) is 7.06. The Morgan fingerprint density at radius 2 is 2.20 bits per heavy atom. The number of anilines is 1. The monoisotopic (exact) mass is 209 g/mol. The van der Waals surface area contributed by atoms with E-state index in [1.807, 2.05) is 6.92 Å². The number of phenolic OH excluding ortho intramolecular Hbond substituents is 1. The molecule has 1 atom stereocenters. The first-order valence-electron chi connectivity index (χ1n) is 4.87. The predicted molar refractivity (Wildman–Crippen MR) is 57.8 cm³/mol. The third-order valence-corrected chi connectivity index (χ3v) is 2.33. The summed E-state index contributed by atoms with van der Waals surface area (Å²) in [5.41, 5.74) is 6.37. The first kappa shape index (κ1) is 11.4. The molecule has 0 saturated carbocycles. The predicted octanol–water partition coefficient (Wildman–Crippen LogP) is 1.94. The molecule has 1 aromatic carbocycles. The van der Waals surface area contributed by atoms with Crippen LogP contribution < -0.4 is 5.73 Å². The summed E-state index contributed by atoms with van der Waals surface area (Å²) in [4.78, 5) is 11.0. The van der Waals surface area contributed by atoms with Crippen LogP contribution >= 0.6 is 0 Å². The topological polar surface area (TPSA) is 83.5 Å². The molecule has 0 aliphatic rings.